The van der Waals surface area contributed by atoms with Crippen LogP contribution in [0.25, 0.3) is 0 Å². The van der Waals surface area contributed by atoms with Gasteiger partial charge in [-0.15, -0.1) is 0 Å². The molecule has 0 aromatic heterocycles. The summed E-state index contributed by atoms with van der Waals surface area (Å²) >= 11 is 5.25. The van der Waals surface area contributed by atoms with E-state index >= 15 is 0 Å². The molecule has 4 heteroatoms. The molecule has 2 aromatic carbocycles. The van der Waals surface area contributed by atoms with Gasteiger partial charge in [0.2, 0.25) is 0 Å². The molecular weight excluding hydrogens is 283 g/mol. The van der Waals surface area contributed by atoms with E-state index in [0.29, 0.717) is 17.6 Å². The number of benzene rings is 2. The van der Waals surface area contributed by atoms with E-state index in [0.717, 1.165) is 11.3 Å². The number of thiocarbonyl (C=S) groups is 1. The van der Waals surface area contributed by atoms with Crippen molar-refractivity contribution >= 4 is 23.0 Å². The topological polar surface area (TPSA) is 24.1 Å². The predicted octanol–water partition coefficient (Wildman–Crippen LogP) is 4.44. The molecule has 2 aromatic rings. The summed E-state index contributed by atoms with van der Waals surface area (Å²) in [7, 11) is 0. The smallest absolute Gasteiger partial charge is 0.171 e. The highest BCUT2D eigenvalue weighted by Crippen LogP contribution is 2.17. The Morgan fingerprint density at radius 3 is 2.24 bits per heavy atom. The second-order valence-corrected chi connectivity index (χ2v) is 5.62. The van der Waals surface area contributed by atoms with E-state index in [2.05, 4.69) is 36.6 Å². The molecule has 2 nitrogen and oxygen atoms in total. The van der Waals surface area contributed by atoms with Crippen LogP contribution in [0.3, 0.4) is 0 Å². The summed E-state index contributed by atoms with van der Waals surface area (Å²) in [5.41, 5.74) is 3.23. The van der Waals surface area contributed by atoms with Gasteiger partial charge in [-0.3, -0.25) is 0 Å². The van der Waals surface area contributed by atoms with Crippen LogP contribution in [0.1, 0.15) is 30.9 Å². The Hall–Kier alpha value is -1.94. The molecule has 0 radical (unpaired) electrons. The molecule has 0 saturated heterocycles. The minimum Gasteiger partial charge on any atom is -0.358 e. The van der Waals surface area contributed by atoms with Crippen LogP contribution in [-0.4, -0.2) is 5.11 Å². The Kier molecular flexibility index (Phi) is 5.28. The second kappa shape index (κ2) is 7.18. The Balaban J connectivity index is 1.85. The van der Waals surface area contributed by atoms with E-state index in [1.54, 1.807) is 12.1 Å². The number of hydrogen-bond acceptors (Lipinski definition) is 1. The maximum Gasteiger partial charge on any atom is 0.171 e. The number of anilines is 1. The summed E-state index contributed by atoms with van der Waals surface area (Å²) in [6, 6.07) is 14.6. The Labute approximate surface area is 130 Å². The van der Waals surface area contributed by atoms with Gasteiger partial charge in [-0.1, -0.05) is 38.1 Å². The van der Waals surface area contributed by atoms with Gasteiger partial charge in [0.15, 0.2) is 5.11 Å². The maximum absolute atomic E-state index is 12.8. The lowest BCUT2D eigenvalue weighted by molar-refractivity contribution is 0.627. The molecule has 0 aliphatic rings. The zero-order valence-electron chi connectivity index (χ0n) is 12.2. The summed E-state index contributed by atoms with van der Waals surface area (Å²) in [6.45, 7) is 4.89. The second-order valence-electron chi connectivity index (χ2n) is 5.21. The third-order valence-electron chi connectivity index (χ3n) is 3.20. The van der Waals surface area contributed by atoms with E-state index in [4.69, 9.17) is 12.2 Å². The minimum atomic E-state index is -0.232. The van der Waals surface area contributed by atoms with Gasteiger partial charge in [0.1, 0.15) is 5.82 Å². The number of halogens is 1. The maximum atomic E-state index is 12.8. The number of rotatable bonds is 4. The molecule has 0 fully saturated rings. The highest BCUT2D eigenvalue weighted by molar-refractivity contribution is 7.80. The summed E-state index contributed by atoms with van der Waals surface area (Å²) in [6.07, 6.45) is 0. The van der Waals surface area contributed by atoms with Gasteiger partial charge in [-0.05, 0) is 53.5 Å². The van der Waals surface area contributed by atoms with Crippen molar-refractivity contribution in [3.8, 4) is 0 Å². The van der Waals surface area contributed by atoms with Crippen molar-refractivity contribution in [3.63, 3.8) is 0 Å². The van der Waals surface area contributed by atoms with Crippen molar-refractivity contribution in [1.29, 1.82) is 0 Å². The quantitative estimate of drug-likeness (QED) is 0.817. The average Bonchev–Trinajstić information content (AvgIpc) is 2.47. The van der Waals surface area contributed by atoms with Gasteiger partial charge in [0.05, 0.1) is 0 Å². The lowest BCUT2D eigenvalue weighted by Gasteiger charge is -2.12. The molecule has 21 heavy (non-hydrogen) atoms. The van der Waals surface area contributed by atoms with Crippen LogP contribution in [-0.2, 0) is 6.54 Å². The van der Waals surface area contributed by atoms with Gasteiger partial charge in [-0.25, -0.2) is 4.39 Å². The van der Waals surface area contributed by atoms with Crippen LogP contribution in [0.5, 0.6) is 0 Å². The highest BCUT2D eigenvalue weighted by Gasteiger charge is 2.01. The predicted molar refractivity (Wildman–Crippen MR) is 90.0 cm³/mol. The fourth-order valence-corrected chi connectivity index (χ4v) is 2.10. The molecule has 0 atom stereocenters. The number of nitrogens with one attached hydrogen (secondary N) is 2. The van der Waals surface area contributed by atoms with Crippen molar-refractivity contribution in [2.75, 3.05) is 5.32 Å². The molecule has 0 saturated carbocycles. The number of hydrogen-bond donors (Lipinski definition) is 2. The van der Waals surface area contributed by atoms with Gasteiger partial charge in [-0.2, -0.15) is 0 Å². The van der Waals surface area contributed by atoms with Crippen LogP contribution in [0.2, 0.25) is 0 Å². The molecule has 0 aliphatic heterocycles. The molecule has 2 N–H and O–H groups in total. The first kappa shape index (κ1) is 15.4. The van der Waals surface area contributed by atoms with Crippen molar-refractivity contribution < 1.29 is 4.39 Å². The van der Waals surface area contributed by atoms with E-state index in [-0.39, 0.29) is 5.82 Å². The Morgan fingerprint density at radius 2 is 1.67 bits per heavy atom. The first-order chi connectivity index (χ1) is 10.0. The van der Waals surface area contributed by atoms with E-state index in [9.17, 15) is 4.39 Å². The van der Waals surface area contributed by atoms with Crippen molar-refractivity contribution in [2.45, 2.75) is 26.3 Å². The molecule has 0 heterocycles. The van der Waals surface area contributed by atoms with E-state index in [1.807, 2.05) is 12.1 Å². The summed E-state index contributed by atoms with van der Waals surface area (Å²) in [4.78, 5) is 0. The fraction of sp³-hybridized carbons (Fsp3) is 0.235. The third kappa shape index (κ3) is 4.83. The summed E-state index contributed by atoms with van der Waals surface area (Å²) < 4.78 is 12.8. The molecule has 2 rings (SSSR count). The molecule has 0 aliphatic carbocycles. The van der Waals surface area contributed by atoms with Crippen LogP contribution in [0, 0.1) is 5.82 Å². The molecular formula is C17H19FN2S. The van der Waals surface area contributed by atoms with Gasteiger partial charge < -0.3 is 10.6 Å². The zero-order valence-corrected chi connectivity index (χ0v) is 13.0. The fourth-order valence-electron chi connectivity index (χ4n) is 1.91. The van der Waals surface area contributed by atoms with E-state index < -0.39 is 0 Å². The lowest BCUT2D eigenvalue weighted by atomic mass is 10.0. The largest absolute Gasteiger partial charge is 0.358 e. The normalized spacial score (nSPS) is 10.5. The first-order valence-electron chi connectivity index (χ1n) is 6.94. The first-order valence-corrected chi connectivity index (χ1v) is 7.34. The Bertz CT molecular complexity index is 591. The van der Waals surface area contributed by atoms with Crippen LogP contribution in [0.4, 0.5) is 10.1 Å². The van der Waals surface area contributed by atoms with Crippen LogP contribution in [0.15, 0.2) is 48.5 Å². The monoisotopic (exact) mass is 302 g/mol. The standard InChI is InChI=1S/C17H19FN2S/c1-12(2)14-5-9-16(10-6-14)20-17(21)19-11-13-3-7-15(18)8-4-13/h3-10,12H,11H2,1-2H3,(H2,19,20,21). The van der Waals surface area contributed by atoms with Gasteiger partial charge in [0, 0.05) is 12.2 Å². The van der Waals surface area contributed by atoms with Gasteiger partial charge in [0.25, 0.3) is 0 Å². The third-order valence-corrected chi connectivity index (χ3v) is 3.45. The molecule has 0 amide bonds. The molecule has 0 unspecified atom stereocenters. The van der Waals surface area contributed by atoms with E-state index in [1.165, 1.54) is 17.7 Å². The summed E-state index contributed by atoms with van der Waals surface area (Å²) in [5, 5.41) is 6.79. The average molecular weight is 302 g/mol. The van der Waals surface area contributed by atoms with Crippen LogP contribution < -0.4 is 10.6 Å². The Morgan fingerprint density at radius 1 is 1.05 bits per heavy atom. The van der Waals surface area contributed by atoms with Crippen molar-refractivity contribution in [3.05, 3.63) is 65.5 Å². The molecule has 0 bridgehead atoms. The highest BCUT2D eigenvalue weighted by atomic mass is 32.1. The zero-order chi connectivity index (χ0) is 15.2. The van der Waals surface area contributed by atoms with Crippen molar-refractivity contribution in [2.24, 2.45) is 0 Å². The lowest BCUT2D eigenvalue weighted by Crippen LogP contribution is -2.27. The van der Waals surface area contributed by atoms with Gasteiger partial charge >= 0.3 is 0 Å². The van der Waals surface area contributed by atoms with Crippen molar-refractivity contribution in [1.82, 2.24) is 5.32 Å². The summed E-state index contributed by atoms with van der Waals surface area (Å²) in [5.74, 6) is 0.285. The molecule has 0 spiro atoms. The van der Waals surface area contributed by atoms with Crippen LogP contribution >= 0.6 is 12.2 Å². The SMILES string of the molecule is CC(C)c1ccc(NC(=S)NCc2ccc(F)cc2)cc1. The molecule has 110 valence electrons. The minimum absolute atomic E-state index is 0.232.